The van der Waals surface area contributed by atoms with Crippen LogP contribution in [0, 0.1) is 5.92 Å². The molecule has 0 aromatic carbocycles. The van der Waals surface area contributed by atoms with Gasteiger partial charge in [-0.15, -0.1) is 0 Å². The predicted octanol–water partition coefficient (Wildman–Crippen LogP) is 4.61. The van der Waals surface area contributed by atoms with Crippen molar-refractivity contribution >= 4 is 38.2 Å². The summed E-state index contributed by atoms with van der Waals surface area (Å²) in [6.07, 6.45) is 6.66. The van der Waals surface area contributed by atoms with E-state index in [0.29, 0.717) is 48.0 Å². The predicted molar refractivity (Wildman–Crippen MR) is 154 cm³/mol. The van der Waals surface area contributed by atoms with E-state index in [1.165, 1.54) is 6.26 Å². The molecule has 2 aliphatic rings. The van der Waals surface area contributed by atoms with E-state index in [1.807, 2.05) is 40.7 Å². The Bertz CT molecular complexity index is 1580. The zero-order valence-corrected chi connectivity index (χ0v) is 24.6. The van der Waals surface area contributed by atoms with Crippen molar-refractivity contribution in [1.82, 2.24) is 15.0 Å². The van der Waals surface area contributed by atoms with Crippen molar-refractivity contribution in [2.45, 2.75) is 77.0 Å². The number of hydrogen-bond acceptors (Lipinski definition) is 10. The summed E-state index contributed by atoms with van der Waals surface area (Å²) in [5.41, 5.74) is 7.39. The van der Waals surface area contributed by atoms with Crippen LogP contribution in [0.25, 0.3) is 10.8 Å². The molecule has 3 aromatic rings. The van der Waals surface area contributed by atoms with E-state index in [2.05, 4.69) is 15.3 Å². The van der Waals surface area contributed by atoms with Gasteiger partial charge in [0.1, 0.15) is 33.2 Å². The molecule has 1 saturated carbocycles. The number of cyclic esters (lactones) is 1. The van der Waals surface area contributed by atoms with Gasteiger partial charge in [0.2, 0.25) is 5.88 Å². The molecule has 0 saturated heterocycles. The molecule has 40 heavy (non-hydrogen) atoms. The zero-order valence-electron chi connectivity index (χ0n) is 23.8. The lowest BCUT2D eigenvalue weighted by Gasteiger charge is -2.36. The average Bonchev–Trinajstić information content (AvgIpc) is 2.85. The number of nitrogens with one attached hydrogen (secondary N) is 1. The summed E-state index contributed by atoms with van der Waals surface area (Å²) in [4.78, 5) is 26.5. The molecular formula is C29H37N5O5S. The Morgan fingerprint density at radius 3 is 2.58 bits per heavy atom. The van der Waals surface area contributed by atoms with Crippen LogP contribution in [-0.2, 0) is 20.1 Å². The summed E-state index contributed by atoms with van der Waals surface area (Å²) in [5, 5.41) is 4.87. The maximum atomic E-state index is 12.5. The molecule has 11 heteroatoms. The van der Waals surface area contributed by atoms with Crippen molar-refractivity contribution in [3.8, 4) is 5.88 Å². The first-order valence-corrected chi connectivity index (χ1v) is 15.7. The highest BCUT2D eigenvalue weighted by atomic mass is 32.2. The number of anilines is 2. The van der Waals surface area contributed by atoms with Gasteiger partial charge in [0, 0.05) is 30.1 Å². The van der Waals surface area contributed by atoms with Gasteiger partial charge in [-0.25, -0.2) is 28.2 Å². The van der Waals surface area contributed by atoms with E-state index in [1.54, 1.807) is 24.5 Å². The summed E-state index contributed by atoms with van der Waals surface area (Å²) in [6.45, 7) is 9.75. The zero-order chi connectivity index (χ0) is 29.0. The fourth-order valence-corrected chi connectivity index (χ4v) is 6.43. The molecule has 3 aromatic heterocycles. The Balaban J connectivity index is 1.46. The van der Waals surface area contributed by atoms with E-state index < -0.39 is 21.0 Å². The summed E-state index contributed by atoms with van der Waals surface area (Å²) in [5.74, 6) is 1.39. The molecule has 4 heterocycles. The van der Waals surface area contributed by atoms with Crippen LogP contribution >= 0.6 is 0 Å². The minimum Gasteiger partial charge on any atom is -0.474 e. The Hall–Kier alpha value is -3.31. The molecule has 0 bridgehead atoms. The molecule has 0 spiro atoms. The van der Waals surface area contributed by atoms with Crippen LogP contribution in [0.5, 0.6) is 5.88 Å². The van der Waals surface area contributed by atoms with Gasteiger partial charge in [0.15, 0.2) is 0 Å². The highest BCUT2D eigenvalue weighted by molar-refractivity contribution is 7.90. The van der Waals surface area contributed by atoms with Crippen molar-refractivity contribution in [3.05, 3.63) is 47.4 Å². The van der Waals surface area contributed by atoms with Crippen molar-refractivity contribution in [1.29, 1.82) is 0 Å². The van der Waals surface area contributed by atoms with Gasteiger partial charge in [-0.2, -0.15) is 0 Å². The van der Waals surface area contributed by atoms with E-state index in [4.69, 9.17) is 20.2 Å². The van der Waals surface area contributed by atoms with Crippen LogP contribution in [-0.4, -0.2) is 53.1 Å². The summed E-state index contributed by atoms with van der Waals surface area (Å²) in [7, 11) is -3.02. The summed E-state index contributed by atoms with van der Waals surface area (Å²) < 4.78 is 35.0. The number of nitrogens with two attached hydrogens (primary N) is 1. The fourth-order valence-electron chi connectivity index (χ4n) is 5.30. The third-order valence-electron chi connectivity index (χ3n) is 8.30. The molecule has 10 nitrogen and oxygen atoms in total. The normalized spacial score (nSPS) is 23.5. The van der Waals surface area contributed by atoms with Crippen LogP contribution in [0.15, 0.2) is 30.6 Å². The molecule has 2 atom stereocenters. The number of aromatic nitrogens is 3. The smallest absolute Gasteiger partial charge is 0.340 e. The van der Waals surface area contributed by atoms with Gasteiger partial charge in [-0.05, 0) is 75.1 Å². The van der Waals surface area contributed by atoms with Crippen molar-refractivity contribution in [3.63, 3.8) is 0 Å². The number of ether oxygens (including phenoxy) is 2. The molecular weight excluding hydrogens is 530 g/mol. The monoisotopic (exact) mass is 567 g/mol. The number of esters is 1. The minimum atomic E-state index is -3.02. The number of carbonyl (C=O) groups excluding carboxylic acids is 1. The second kappa shape index (κ2) is 9.95. The van der Waals surface area contributed by atoms with Gasteiger partial charge in [-0.1, -0.05) is 13.8 Å². The van der Waals surface area contributed by atoms with Gasteiger partial charge in [0.05, 0.1) is 22.4 Å². The molecule has 214 valence electrons. The lowest BCUT2D eigenvalue weighted by atomic mass is 9.84. The molecule has 0 unspecified atom stereocenters. The molecule has 3 N–H and O–H groups in total. The average molecular weight is 568 g/mol. The molecule has 1 fully saturated rings. The lowest BCUT2D eigenvalue weighted by Crippen LogP contribution is -2.39. The number of nitrogens with zero attached hydrogens (tertiary/aromatic N) is 3. The number of hydrogen-bond donors (Lipinski definition) is 2. The highest BCUT2D eigenvalue weighted by Gasteiger charge is 2.40. The van der Waals surface area contributed by atoms with Gasteiger partial charge < -0.3 is 20.5 Å². The van der Waals surface area contributed by atoms with Crippen LogP contribution in [0.2, 0.25) is 0 Å². The van der Waals surface area contributed by atoms with E-state index in [9.17, 15) is 13.2 Å². The number of fused-ring (bicyclic) bond motifs is 2. The third-order valence-corrected chi connectivity index (χ3v) is 9.38. The van der Waals surface area contributed by atoms with E-state index >= 15 is 0 Å². The Morgan fingerprint density at radius 1 is 1.18 bits per heavy atom. The highest BCUT2D eigenvalue weighted by Crippen LogP contribution is 2.39. The van der Waals surface area contributed by atoms with Crippen LogP contribution in [0.1, 0.15) is 81.4 Å². The quantitative estimate of drug-likeness (QED) is 0.370. The van der Waals surface area contributed by atoms with Crippen molar-refractivity contribution in [2.75, 3.05) is 17.3 Å². The van der Waals surface area contributed by atoms with E-state index in [0.717, 1.165) is 16.3 Å². The first kappa shape index (κ1) is 28.2. The first-order valence-electron chi connectivity index (χ1n) is 13.6. The standard InChI is InChI=1S/C29H37N5O5S/c1-7-29(5,30)22-14-32-26(38-18-10-17(11-18)15-40(6,36)37)21-13-31-24(12-20(21)22)33-23-9-8-19-25(34-23)16(2)28(3,4)39-27(19)35/h8-9,12-14,16-18H,7,10-11,15,30H2,1-6H3,(H,31,33,34)/t16-,17?,18?,29-/m1/s1. The minimum absolute atomic E-state index is 0.0880. The SMILES string of the molecule is CC[C@@](C)(N)c1cnc(OC2CC(CS(C)(=O)=O)C2)c2cnc(Nc3ccc4c(n3)[C@@H](C)C(C)(C)OC4=O)cc12. The van der Waals surface area contributed by atoms with Crippen molar-refractivity contribution < 1.29 is 22.7 Å². The van der Waals surface area contributed by atoms with Crippen LogP contribution in [0.4, 0.5) is 11.6 Å². The first-order chi connectivity index (χ1) is 18.7. The lowest BCUT2D eigenvalue weighted by molar-refractivity contribution is -0.0189. The van der Waals surface area contributed by atoms with Gasteiger partial charge in [0.25, 0.3) is 0 Å². The molecule has 0 amide bonds. The number of sulfone groups is 1. The topological polar surface area (TPSA) is 146 Å². The summed E-state index contributed by atoms with van der Waals surface area (Å²) >= 11 is 0. The number of carbonyl (C=O) groups is 1. The fraction of sp³-hybridized carbons (Fsp3) is 0.517. The number of pyridine rings is 3. The molecule has 1 aliphatic carbocycles. The second-order valence-electron chi connectivity index (χ2n) is 12.0. The second-order valence-corrected chi connectivity index (χ2v) is 14.2. The molecule has 0 radical (unpaired) electrons. The van der Waals surface area contributed by atoms with Crippen LogP contribution < -0.4 is 15.8 Å². The largest absolute Gasteiger partial charge is 0.474 e. The Labute approximate surface area is 235 Å². The third kappa shape index (κ3) is 5.49. The van der Waals surface area contributed by atoms with E-state index in [-0.39, 0.29) is 29.7 Å². The maximum absolute atomic E-state index is 12.5. The van der Waals surface area contributed by atoms with Gasteiger partial charge in [-0.3, -0.25) is 0 Å². The maximum Gasteiger partial charge on any atom is 0.340 e. The Morgan fingerprint density at radius 2 is 1.90 bits per heavy atom. The van der Waals surface area contributed by atoms with Gasteiger partial charge >= 0.3 is 5.97 Å². The Kier molecular flexibility index (Phi) is 7.02. The number of rotatable bonds is 8. The molecule has 1 aliphatic heterocycles. The van der Waals surface area contributed by atoms with Crippen LogP contribution in [0.3, 0.4) is 0 Å². The summed E-state index contributed by atoms with van der Waals surface area (Å²) in [6, 6.07) is 5.38. The molecule has 5 rings (SSSR count). The van der Waals surface area contributed by atoms with Crippen molar-refractivity contribution in [2.24, 2.45) is 11.7 Å².